The zero-order valence-electron chi connectivity index (χ0n) is 14.7. The minimum atomic E-state index is -0.579. The molecule has 0 bridgehead atoms. The van der Waals surface area contributed by atoms with E-state index in [9.17, 15) is 9.59 Å². The molecule has 2 rings (SSSR count). The molecule has 1 heterocycles. The monoisotopic (exact) mass is 321 g/mol. The van der Waals surface area contributed by atoms with Crippen molar-refractivity contribution in [1.82, 2.24) is 15.1 Å². The maximum absolute atomic E-state index is 12.7. The zero-order chi connectivity index (χ0) is 17.2. The van der Waals surface area contributed by atoms with E-state index in [2.05, 4.69) is 10.4 Å². The van der Waals surface area contributed by atoms with Gasteiger partial charge in [0.05, 0.1) is 24.3 Å². The van der Waals surface area contributed by atoms with Crippen LogP contribution in [0.1, 0.15) is 68.6 Å². The quantitative estimate of drug-likeness (QED) is 0.864. The first-order valence-corrected chi connectivity index (χ1v) is 8.22. The van der Waals surface area contributed by atoms with Crippen LogP contribution in [0.3, 0.4) is 0 Å². The van der Waals surface area contributed by atoms with Crippen LogP contribution in [-0.2, 0) is 16.6 Å². The van der Waals surface area contributed by atoms with E-state index in [0.717, 1.165) is 31.4 Å². The van der Waals surface area contributed by atoms with Crippen molar-refractivity contribution < 1.29 is 14.3 Å². The van der Waals surface area contributed by atoms with Crippen molar-refractivity contribution in [3.8, 4) is 0 Å². The molecule has 1 aliphatic carbocycles. The summed E-state index contributed by atoms with van der Waals surface area (Å²) in [6, 6.07) is 1.82. The van der Waals surface area contributed by atoms with Crippen molar-refractivity contribution >= 4 is 11.9 Å². The summed E-state index contributed by atoms with van der Waals surface area (Å²) in [6.07, 6.45) is 3.49. The number of esters is 1. The van der Waals surface area contributed by atoms with E-state index in [4.69, 9.17) is 4.74 Å². The number of carbonyl (C=O) groups is 2. The second kappa shape index (κ2) is 6.72. The summed E-state index contributed by atoms with van der Waals surface area (Å²) in [7, 11) is 3.16. The Labute approximate surface area is 137 Å². The number of carbonyl (C=O) groups excluding carboxylic acids is 2. The third-order valence-corrected chi connectivity index (χ3v) is 4.82. The lowest BCUT2D eigenvalue weighted by Crippen LogP contribution is -2.55. The number of hydrogen-bond acceptors (Lipinski definition) is 4. The molecular formula is C17H27N3O3. The number of nitrogens with zero attached hydrogens (tertiary/aromatic N) is 2. The lowest BCUT2D eigenvalue weighted by molar-refractivity contribution is -0.149. The first kappa shape index (κ1) is 17.5. The molecule has 0 spiro atoms. The number of hydrogen-bond donors (Lipinski definition) is 1. The van der Waals surface area contributed by atoms with Crippen molar-refractivity contribution in [3.05, 3.63) is 17.5 Å². The molecule has 1 aliphatic rings. The van der Waals surface area contributed by atoms with E-state index in [1.807, 2.05) is 26.8 Å². The smallest absolute Gasteiger partial charge is 0.311 e. The minimum Gasteiger partial charge on any atom is -0.469 e. The molecule has 2 atom stereocenters. The molecule has 0 aromatic carbocycles. The Morgan fingerprint density at radius 2 is 2.13 bits per heavy atom. The SMILES string of the molecule is COC(=O)[C@@H]1CCCC[C@]1(C)NC(=O)c1cc(C(C)C)nn1C. The van der Waals surface area contributed by atoms with Crippen molar-refractivity contribution in [2.24, 2.45) is 13.0 Å². The summed E-state index contributed by atoms with van der Waals surface area (Å²) < 4.78 is 6.53. The molecular weight excluding hydrogens is 294 g/mol. The number of nitrogens with one attached hydrogen (secondary N) is 1. The molecule has 0 saturated heterocycles. The van der Waals surface area contributed by atoms with E-state index >= 15 is 0 Å². The van der Waals surface area contributed by atoms with Gasteiger partial charge in [0.1, 0.15) is 5.69 Å². The largest absolute Gasteiger partial charge is 0.469 e. The second-order valence-electron chi connectivity index (χ2n) is 6.93. The van der Waals surface area contributed by atoms with Crippen LogP contribution in [0.15, 0.2) is 6.07 Å². The van der Waals surface area contributed by atoms with Gasteiger partial charge in [0, 0.05) is 7.05 Å². The minimum absolute atomic E-state index is 0.190. The van der Waals surface area contributed by atoms with Gasteiger partial charge in [0.2, 0.25) is 0 Å². The van der Waals surface area contributed by atoms with Crippen LogP contribution in [-0.4, -0.2) is 34.3 Å². The van der Waals surface area contributed by atoms with Gasteiger partial charge in [-0.2, -0.15) is 5.10 Å². The Kier molecular flexibility index (Phi) is 5.12. The lowest BCUT2D eigenvalue weighted by atomic mass is 9.73. The maximum atomic E-state index is 12.7. The third kappa shape index (κ3) is 3.57. The van der Waals surface area contributed by atoms with Crippen LogP contribution in [0.5, 0.6) is 0 Å². The standard InChI is InChI=1S/C17H27N3O3/c1-11(2)13-10-14(20(4)19-13)15(21)18-17(3)9-7-6-8-12(17)16(22)23-5/h10-12H,6-9H2,1-5H3,(H,18,21)/t12-,17-/m0/s1. The van der Waals surface area contributed by atoms with Gasteiger partial charge in [-0.05, 0) is 31.7 Å². The van der Waals surface area contributed by atoms with Crippen molar-refractivity contribution in [2.75, 3.05) is 7.11 Å². The van der Waals surface area contributed by atoms with Gasteiger partial charge in [0.25, 0.3) is 5.91 Å². The predicted octanol–water partition coefficient (Wildman–Crippen LogP) is 2.40. The van der Waals surface area contributed by atoms with Gasteiger partial charge in [-0.1, -0.05) is 26.7 Å². The lowest BCUT2D eigenvalue weighted by Gasteiger charge is -2.40. The molecule has 23 heavy (non-hydrogen) atoms. The molecule has 1 aromatic heterocycles. The predicted molar refractivity (Wildman–Crippen MR) is 87.1 cm³/mol. The Hall–Kier alpha value is -1.85. The molecule has 6 heteroatoms. The molecule has 0 radical (unpaired) electrons. The molecule has 0 aliphatic heterocycles. The summed E-state index contributed by atoms with van der Waals surface area (Å²) >= 11 is 0. The topological polar surface area (TPSA) is 73.2 Å². The van der Waals surface area contributed by atoms with Crippen LogP contribution >= 0.6 is 0 Å². The van der Waals surface area contributed by atoms with Crippen molar-refractivity contribution in [3.63, 3.8) is 0 Å². The second-order valence-corrected chi connectivity index (χ2v) is 6.93. The highest BCUT2D eigenvalue weighted by Gasteiger charge is 2.43. The molecule has 0 unspecified atom stereocenters. The van der Waals surface area contributed by atoms with Gasteiger partial charge in [-0.25, -0.2) is 0 Å². The van der Waals surface area contributed by atoms with Gasteiger partial charge in [-0.3, -0.25) is 14.3 Å². The molecule has 1 N–H and O–H groups in total. The average Bonchev–Trinajstić information content (AvgIpc) is 2.89. The number of ether oxygens (including phenoxy) is 1. The van der Waals surface area contributed by atoms with Crippen LogP contribution in [0.2, 0.25) is 0 Å². The van der Waals surface area contributed by atoms with Crippen LogP contribution < -0.4 is 5.32 Å². The van der Waals surface area contributed by atoms with Gasteiger partial charge >= 0.3 is 5.97 Å². The van der Waals surface area contributed by atoms with Crippen molar-refractivity contribution in [1.29, 1.82) is 0 Å². The third-order valence-electron chi connectivity index (χ3n) is 4.82. The highest BCUT2D eigenvalue weighted by Crippen LogP contribution is 2.34. The highest BCUT2D eigenvalue weighted by molar-refractivity contribution is 5.93. The van der Waals surface area contributed by atoms with Crippen LogP contribution in [0.4, 0.5) is 0 Å². The van der Waals surface area contributed by atoms with Gasteiger partial charge < -0.3 is 10.1 Å². The fraction of sp³-hybridized carbons (Fsp3) is 0.706. The van der Waals surface area contributed by atoms with Crippen molar-refractivity contribution in [2.45, 2.75) is 57.9 Å². The highest BCUT2D eigenvalue weighted by atomic mass is 16.5. The van der Waals surface area contributed by atoms with E-state index in [1.54, 1.807) is 11.7 Å². The summed E-state index contributed by atoms with van der Waals surface area (Å²) in [5, 5.41) is 7.45. The Bertz CT molecular complexity index is 594. The molecule has 6 nitrogen and oxygen atoms in total. The molecule has 128 valence electrons. The maximum Gasteiger partial charge on any atom is 0.311 e. The van der Waals surface area contributed by atoms with Crippen LogP contribution in [0, 0.1) is 5.92 Å². The Morgan fingerprint density at radius 3 is 2.70 bits per heavy atom. The average molecular weight is 321 g/mol. The fourth-order valence-electron chi connectivity index (χ4n) is 3.31. The van der Waals surface area contributed by atoms with E-state index in [0.29, 0.717) is 5.69 Å². The summed E-state index contributed by atoms with van der Waals surface area (Å²) in [6.45, 7) is 6.02. The van der Waals surface area contributed by atoms with E-state index < -0.39 is 5.54 Å². The molecule has 1 saturated carbocycles. The summed E-state index contributed by atoms with van der Waals surface area (Å²) in [5.41, 5.74) is 0.824. The van der Waals surface area contributed by atoms with E-state index in [-0.39, 0.29) is 23.7 Å². The Balaban J connectivity index is 2.21. The number of amides is 1. The van der Waals surface area contributed by atoms with Gasteiger partial charge in [-0.15, -0.1) is 0 Å². The zero-order valence-corrected chi connectivity index (χ0v) is 14.7. The van der Waals surface area contributed by atoms with Crippen LogP contribution in [0.25, 0.3) is 0 Å². The molecule has 1 amide bonds. The number of methoxy groups -OCH3 is 1. The normalized spacial score (nSPS) is 24.5. The molecule has 1 aromatic rings. The summed E-state index contributed by atoms with van der Waals surface area (Å²) in [4.78, 5) is 24.8. The fourth-order valence-corrected chi connectivity index (χ4v) is 3.31. The number of aryl methyl sites for hydroxylation is 1. The number of aromatic nitrogens is 2. The number of rotatable bonds is 4. The Morgan fingerprint density at radius 1 is 1.43 bits per heavy atom. The van der Waals surface area contributed by atoms with Gasteiger partial charge in [0.15, 0.2) is 0 Å². The van der Waals surface area contributed by atoms with E-state index in [1.165, 1.54) is 7.11 Å². The first-order chi connectivity index (χ1) is 10.8. The molecule has 1 fully saturated rings. The first-order valence-electron chi connectivity index (χ1n) is 8.22. The summed E-state index contributed by atoms with van der Waals surface area (Å²) in [5.74, 6) is -0.482.